The molecule has 0 bridgehead atoms. The summed E-state index contributed by atoms with van der Waals surface area (Å²) >= 11 is 0. The van der Waals surface area contributed by atoms with Crippen molar-refractivity contribution in [2.24, 2.45) is 0 Å². The van der Waals surface area contributed by atoms with E-state index in [4.69, 9.17) is 0 Å². The summed E-state index contributed by atoms with van der Waals surface area (Å²) in [6.07, 6.45) is 0. The number of nitrogens with zero attached hydrogens (tertiary/aromatic N) is 1. The average Bonchev–Trinajstić information content (AvgIpc) is 2.54. The second-order valence-corrected chi connectivity index (χ2v) is 4.30. The number of para-hydroxylation sites is 1. The molecule has 0 aliphatic rings. The molecule has 7 heteroatoms. The maximum Gasteiger partial charge on any atom is 0.337 e. The smallest absolute Gasteiger partial charge is 0.337 e. The van der Waals surface area contributed by atoms with Crippen molar-refractivity contribution in [1.82, 2.24) is 0 Å². The molecule has 7 nitrogen and oxygen atoms in total. The highest BCUT2D eigenvalue weighted by Gasteiger charge is 2.19. The number of methoxy groups -OCH3 is 1. The zero-order valence-corrected chi connectivity index (χ0v) is 11.6. The normalized spacial score (nSPS) is 9.86. The predicted octanol–water partition coefficient (Wildman–Crippen LogP) is 2.63. The maximum atomic E-state index is 12.1. The van der Waals surface area contributed by atoms with Crippen molar-refractivity contribution >= 4 is 23.3 Å². The zero-order valence-electron chi connectivity index (χ0n) is 11.6. The summed E-state index contributed by atoms with van der Waals surface area (Å²) in [5.41, 5.74) is 0.442. The fourth-order valence-corrected chi connectivity index (χ4v) is 1.83. The summed E-state index contributed by atoms with van der Waals surface area (Å²) in [6.45, 7) is 0. The third-order valence-corrected chi connectivity index (χ3v) is 2.91. The van der Waals surface area contributed by atoms with Crippen LogP contribution in [0.2, 0.25) is 0 Å². The van der Waals surface area contributed by atoms with Crippen molar-refractivity contribution in [2.75, 3.05) is 12.4 Å². The van der Waals surface area contributed by atoms with Gasteiger partial charge in [0.15, 0.2) is 0 Å². The molecule has 0 saturated carbocycles. The Balaban J connectivity index is 2.19. The molecular weight excluding hydrogens is 288 g/mol. The highest BCUT2D eigenvalue weighted by molar-refractivity contribution is 6.07. The molecule has 0 heterocycles. The van der Waals surface area contributed by atoms with Crippen molar-refractivity contribution < 1.29 is 19.2 Å². The van der Waals surface area contributed by atoms with Crippen LogP contribution in [-0.4, -0.2) is 23.9 Å². The Bertz CT molecular complexity index is 725. The van der Waals surface area contributed by atoms with E-state index in [9.17, 15) is 19.7 Å². The van der Waals surface area contributed by atoms with Crippen LogP contribution in [0.5, 0.6) is 0 Å². The number of rotatable bonds is 4. The summed E-state index contributed by atoms with van der Waals surface area (Å²) in [7, 11) is 1.27. The fourth-order valence-electron chi connectivity index (χ4n) is 1.83. The van der Waals surface area contributed by atoms with E-state index in [1.54, 1.807) is 6.07 Å². The van der Waals surface area contributed by atoms with Crippen LogP contribution in [0.1, 0.15) is 20.7 Å². The minimum absolute atomic E-state index is 0.0375. The Labute approximate surface area is 125 Å². The molecular formula is C15H12N2O5. The Hall–Kier alpha value is -3.22. The summed E-state index contributed by atoms with van der Waals surface area (Å²) < 4.78 is 4.57. The van der Waals surface area contributed by atoms with E-state index >= 15 is 0 Å². The van der Waals surface area contributed by atoms with Gasteiger partial charge in [-0.05, 0) is 30.3 Å². The number of nitro benzene ring substituents is 1. The van der Waals surface area contributed by atoms with Crippen molar-refractivity contribution in [3.63, 3.8) is 0 Å². The van der Waals surface area contributed by atoms with E-state index in [0.717, 1.165) is 0 Å². The molecule has 0 unspecified atom stereocenters. The lowest BCUT2D eigenvalue weighted by atomic mass is 10.1. The van der Waals surface area contributed by atoms with Crippen LogP contribution in [0, 0.1) is 10.1 Å². The molecule has 22 heavy (non-hydrogen) atoms. The van der Waals surface area contributed by atoms with Gasteiger partial charge < -0.3 is 10.1 Å². The largest absolute Gasteiger partial charge is 0.465 e. The Morgan fingerprint density at radius 3 is 2.32 bits per heavy atom. The quantitative estimate of drug-likeness (QED) is 0.531. The van der Waals surface area contributed by atoms with E-state index < -0.39 is 16.8 Å². The van der Waals surface area contributed by atoms with Crippen LogP contribution in [0.4, 0.5) is 11.4 Å². The van der Waals surface area contributed by atoms with Gasteiger partial charge in [-0.15, -0.1) is 0 Å². The number of ether oxygens (including phenoxy) is 1. The Morgan fingerprint density at radius 1 is 1.09 bits per heavy atom. The molecule has 0 aliphatic heterocycles. The van der Waals surface area contributed by atoms with Crippen LogP contribution in [0.3, 0.4) is 0 Å². The van der Waals surface area contributed by atoms with Gasteiger partial charge in [0.2, 0.25) is 0 Å². The van der Waals surface area contributed by atoms with Gasteiger partial charge in [0, 0.05) is 11.8 Å². The van der Waals surface area contributed by atoms with E-state index in [-0.39, 0.29) is 11.3 Å². The van der Waals surface area contributed by atoms with Crippen molar-refractivity contribution in [3.05, 3.63) is 69.8 Å². The third kappa shape index (κ3) is 3.26. The van der Waals surface area contributed by atoms with Crippen LogP contribution in [0.15, 0.2) is 48.5 Å². The van der Waals surface area contributed by atoms with Crippen molar-refractivity contribution in [3.8, 4) is 0 Å². The molecule has 2 rings (SSSR count). The van der Waals surface area contributed by atoms with Gasteiger partial charge in [0.25, 0.3) is 11.6 Å². The second kappa shape index (κ2) is 6.49. The first-order valence-electron chi connectivity index (χ1n) is 6.26. The third-order valence-electron chi connectivity index (χ3n) is 2.91. The highest BCUT2D eigenvalue weighted by Crippen LogP contribution is 2.19. The summed E-state index contributed by atoms with van der Waals surface area (Å²) in [5, 5.41) is 13.4. The lowest BCUT2D eigenvalue weighted by Gasteiger charge is -2.06. The molecule has 0 aliphatic carbocycles. The predicted molar refractivity (Wildman–Crippen MR) is 78.8 cm³/mol. The minimum Gasteiger partial charge on any atom is -0.465 e. The molecule has 1 N–H and O–H groups in total. The SMILES string of the molecule is COC(=O)c1ccc(NC(=O)c2ccccc2[N+](=O)[O-])cc1. The van der Waals surface area contributed by atoms with E-state index in [2.05, 4.69) is 10.1 Å². The topological polar surface area (TPSA) is 98.5 Å². The van der Waals surface area contributed by atoms with Crippen LogP contribution < -0.4 is 5.32 Å². The van der Waals surface area contributed by atoms with Crippen LogP contribution in [-0.2, 0) is 4.74 Å². The van der Waals surface area contributed by atoms with Crippen molar-refractivity contribution in [1.29, 1.82) is 0 Å². The number of carbonyl (C=O) groups excluding carboxylic acids is 2. The lowest BCUT2D eigenvalue weighted by molar-refractivity contribution is -0.385. The second-order valence-electron chi connectivity index (χ2n) is 4.30. The number of carbonyl (C=O) groups is 2. The van der Waals surface area contributed by atoms with Gasteiger partial charge >= 0.3 is 5.97 Å². The summed E-state index contributed by atoms with van der Waals surface area (Å²) in [6, 6.07) is 11.7. The van der Waals surface area contributed by atoms with E-state index in [1.807, 2.05) is 0 Å². The van der Waals surface area contributed by atoms with E-state index in [0.29, 0.717) is 11.3 Å². The molecule has 1 amide bonds. The molecule has 2 aromatic rings. The maximum absolute atomic E-state index is 12.1. The number of hydrogen-bond donors (Lipinski definition) is 1. The molecule has 0 atom stereocenters. The number of anilines is 1. The van der Waals surface area contributed by atoms with Crippen LogP contribution in [0.25, 0.3) is 0 Å². The molecule has 2 aromatic carbocycles. The molecule has 0 fully saturated rings. The number of amides is 1. The van der Waals surface area contributed by atoms with Gasteiger partial charge in [-0.25, -0.2) is 4.79 Å². The zero-order chi connectivity index (χ0) is 16.1. The monoisotopic (exact) mass is 300 g/mol. The van der Waals surface area contributed by atoms with E-state index in [1.165, 1.54) is 49.6 Å². The van der Waals surface area contributed by atoms with Gasteiger partial charge in [0.05, 0.1) is 17.6 Å². The Morgan fingerprint density at radius 2 is 1.73 bits per heavy atom. The fraction of sp³-hybridized carbons (Fsp3) is 0.0667. The molecule has 0 aromatic heterocycles. The van der Waals surface area contributed by atoms with Crippen molar-refractivity contribution in [2.45, 2.75) is 0 Å². The molecule has 0 radical (unpaired) electrons. The lowest BCUT2D eigenvalue weighted by Crippen LogP contribution is -2.14. The number of benzene rings is 2. The first kappa shape index (κ1) is 15.2. The van der Waals surface area contributed by atoms with Gasteiger partial charge in [-0.2, -0.15) is 0 Å². The average molecular weight is 300 g/mol. The number of nitro groups is 1. The Kier molecular flexibility index (Phi) is 4.47. The number of esters is 1. The summed E-state index contributed by atoms with van der Waals surface area (Å²) in [5.74, 6) is -1.09. The van der Waals surface area contributed by atoms with Gasteiger partial charge in [-0.1, -0.05) is 12.1 Å². The van der Waals surface area contributed by atoms with Crippen LogP contribution >= 0.6 is 0 Å². The minimum atomic E-state index is -0.616. The highest BCUT2D eigenvalue weighted by atomic mass is 16.6. The molecule has 0 spiro atoms. The molecule has 112 valence electrons. The first-order chi connectivity index (χ1) is 10.5. The van der Waals surface area contributed by atoms with Gasteiger partial charge in [-0.3, -0.25) is 14.9 Å². The molecule has 0 saturated heterocycles. The van der Waals surface area contributed by atoms with Gasteiger partial charge in [0.1, 0.15) is 5.56 Å². The first-order valence-corrected chi connectivity index (χ1v) is 6.26. The summed E-state index contributed by atoms with van der Waals surface area (Å²) in [4.78, 5) is 33.7. The number of nitrogens with one attached hydrogen (secondary N) is 1. The number of hydrogen-bond acceptors (Lipinski definition) is 5. The standard InChI is InChI=1S/C15H12N2O5/c1-22-15(19)10-6-8-11(9-7-10)16-14(18)12-4-2-3-5-13(12)17(20)21/h2-9H,1H3,(H,16,18).